The van der Waals surface area contributed by atoms with Crippen LogP contribution in [0.2, 0.25) is 5.02 Å². The van der Waals surface area contributed by atoms with Crippen molar-refractivity contribution in [2.45, 2.75) is 46.3 Å². The molecular weight excluding hydrogens is 450 g/mol. The first-order valence-corrected chi connectivity index (χ1v) is 12.5. The molecule has 0 saturated heterocycles. The molecular formula is C23H30ClN3O4S. The lowest BCUT2D eigenvalue weighted by atomic mass is 10.1. The van der Waals surface area contributed by atoms with Crippen molar-refractivity contribution in [2.75, 3.05) is 17.1 Å². The van der Waals surface area contributed by atoms with Gasteiger partial charge in [-0.15, -0.1) is 0 Å². The van der Waals surface area contributed by atoms with Gasteiger partial charge in [-0.25, -0.2) is 8.42 Å². The Balaban J connectivity index is 2.42. The second-order valence-electron chi connectivity index (χ2n) is 8.01. The van der Waals surface area contributed by atoms with Crippen LogP contribution in [0.15, 0.2) is 48.5 Å². The number of hydrogen-bond donors (Lipinski definition) is 1. The minimum atomic E-state index is -3.76. The Morgan fingerprint density at radius 1 is 1.03 bits per heavy atom. The summed E-state index contributed by atoms with van der Waals surface area (Å²) < 4.78 is 26.2. The van der Waals surface area contributed by atoms with E-state index >= 15 is 0 Å². The molecule has 0 bridgehead atoms. The van der Waals surface area contributed by atoms with Crippen molar-refractivity contribution in [3.05, 3.63) is 64.7 Å². The number of rotatable bonds is 9. The number of nitrogens with one attached hydrogen (secondary N) is 1. The van der Waals surface area contributed by atoms with Crippen molar-refractivity contribution >= 4 is 39.1 Å². The van der Waals surface area contributed by atoms with Crippen LogP contribution in [0.3, 0.4) is 0 Å². The highest BCUT2D eigenvalue weighted by atomic mass is 35.5. The van der Waals surface area contributed by atoms with E-state index in [1.165, 1.54) is 4.90 Å². The van der Waals surface area contributed by atoms with Gasteiger partial charge in [-0.05, 0) is 51.0 Å². The molecule has 0 fully saturated rings. The summed E-state index contributed by atoms with van der Waals surface area (Å²) in [4.78, 5) is 27.5. The molecule has 7 nitrogen and oxygen atoms in total. The second-order valence-corrected chi connectivity index (χ2v) is 10.3. The monoisotopic (exact) mass is 479 g/mol. The fourth-order valence-electron chi connectivity index (χ4n) is 3.24. The first-order valence-electron chi connectivity index (χ1n) is 10.3. The molecule has 1 N–H and O–H groups in total. The molecule has 0 heterocycles. The van der Waals surface area contributed by atoms with Crippen LogP contribution < -0.4 is 9.62 Å². The van der Waals surface area contributed by atoms with E-state index in [4.69, 9.17) is 11.6 Å². The predicted molar refractivity (Wildman–Crippen MR) is 128 cm³/mol. The largest absolute Gasteiger partial charge is 0.352 e. The summed E-state index contributed by atoms with van der Waals surface area (Å²) in [6.45, 7) is 6.68. The zero-order chi connectivity index (χ0) is 24.1. The molecule has 2 amide bonds. The van der Waals surface area contributed by atoms with Crippen molar-refractivity contribution in [3.8, 4) is 0 Å². The lowest BCUT2D eigenvalue weighted by Gasteiger charge is -2.32. The van der Waals surface area contributed by atoms with Crippen LogP contribution in [0.4, 0.5) is 5.69 Å². The molecule has 9 heteroatoms. The number of anilines is 1. The number of nitrogens with zero attached hydrogens (tertiary/aromatic N) is 2. The van der Waals surface area contributed by atoms with E-state index in [1.54, 1.807) is 62.4 Å². The molecule has 0 aliphatic carbocycles. The molecule has 2 aromatic carbocycles. The van der Waals surface area contributed by atoms with Crippen molar-refractivity contribution in [1.29, 1.82) is 0 Å². The molecule has 174 valence electrons. The summed E-state index contributed by atoms with van der Waals surface area (Å²) >= 11 is 6.29. The van der Waals surface area contributed by atoms with Gasteiger partial charge in [-0.2, -0.15) is 0 Å². The fraction of sp³-hybridized carbons (Fsp3) is 0.391. The maximum atomic E-state index is 13.4. The van der Waals surface area contributed by atoms with Gasteiger partial charge in [-0.3, -0.25) is 13.9 Å². The average molecular weight is 480 g/mol. The molecule has 2 rings (SSSR count). The molecule has 0 aliphatic heterocycles. The third-order valence-corrected chi connectivity index (χ3v) is 6.46. The van der Waals surface area contributed by atoms with Gasteiger partial charge in [-0.1, -0.05) is 48.0 Å². The van der Waals surface area contributed by atoms with Gasteiger partial charge >= 0.3 is 0 Å². The molecule has 0 spiro atoms. The smallest absolute Gasteiger partial charge is 0.244 e. The third-order valence-electron chi connectivity index (χ3n) is 4.96. The van der Waals surface area contributed by atoms with Gasteiger partial charge in [0.25, 0.3) is 0 Å². The van der Waals surface area contributed by atoms with E-state index in [-0.39, 0.29) is 18.5 Å². The fourth-order valence-corrected chi connectivity index (χ4v) is 4.34. The number of sulfonamides is 1. The Morgan fingerprint density at radius 2 is 1.62 bits per heavy atom. The molecule has 1 unspecified atom stereocenters. The van der Waals surface area contributed by atoms with E-state index in [2.05, 4.69) is 5.32 Å². The number of benzene rings is 2. The summed E-state index contributed by atoms with van der Waals surface area (Å²) in [6, 6.07) is 13.0. The number of carbonyl (C=O) groups excluding carboxylic acids is 2. The predicted octanol–water partition coefficient (Wildman–Crippen LogP) is 3.36. The normalized spacial score (nSPS) is 12.3. The summed E-state index contributed by atoms with van der Waals surface area (Å²) in [6.07, 6.45) is 1.06. The number of halogens is 1. The highest BCUT2D eigenvalue weighted by Crippen LogP contribution is 2.23. The molecule has 0 aromatic heterocycles. The summed E-state index contributed by atoms with van der Waals surface area (Å²) in [7, 11) is -3.76. The summed E-state index contributed by atoms with van der Waals surface area (Å²) in [5.41, 5.74) is 1.79. The van der Waals surface area contributed by atoms with Gasteiger partial charge in [0.05, 0.1) is 11.9 Å². The van der Waals surface area contributed by atoms with Gasteiger partial charge in [0.15, 0.2) is 0 Å². The standard InChI is InChI=1S/C23H30ClN3O4S/c1-16(2)25-23(29)18(4)26(14-19-11-7-8-12-20(19)24)22(28)15-27(32(5,30)31)21-13-9-6-10-17(21)3/h6-13,16,18H,14-15H2,1-5H3,(H,25,29). The number of amides is 2. The van der Waals surface area contributed by atoms with E-state index in [1.807, 2.05) is 13.8 Å². The molecule has 0 aliphatic rings. The Bertz CT molecular complexity index is 1070. The van der Waals surface area contributed by atoms with Crippen molar-refractivity contribution < 1.29 is 18.0 Å². The molecule has 1 atom stereocenters. The van der Waals surface area contributed by atoms with E-state index < -0.39 is 28.5 Å². The highest BCUT2D eigenvalue weighted by Gasteiger charge is 2.31. The number of carbonyl (C=O) groups is 2. The summed E-state index contributed by atoms with van der Waals surface area (Å²) in [5, 5.41) is 3.26. The maximum Gasteiger partial charge on any atom is 0.244 e. The Kier molecular flexibility index (Phi) is 8.69. The van der Waals surface area contributed by atoms with Gasteiger partial charge in [0.1, 0.15) is 12.6 Å². The van der Waals surface area contributed by atoms with Crippen molar-refractivity contribution in [2.24, 2.45) is 0 Å². The van der Waals surface area contributed by atoms with E-state index in [0.29, 0.717) is 21.8 Å². The zero-order valence-corrected chi connectivity index (χ0v) is 20.6. The minimum Gasteiger partial charge on any atom is -0.352 e. The Morgan fingerprint density at radius 3 is 2.19 bits per heavy atom. The number of aryl methyl sites for hydroxylation is 1. The quantitative estimate of drug-likeness (QED) is 0.597. The lowest BCUT2D eigenvalue weighted by Crippen LogP contribution is -2.52. The average Bonchev–Trinajstić information content (AvgIpc) is 2.70. The molecule has 0 saturated carbocycles. The first kappa shape index (κ1) is 25.7. The molecule has 32 heavy (non-hydrogen) atoms. The molecule has 2 aromatic rings. The van der Waals surface area contributed by atoms with Crippen LogP contribution in [0.5, 0.6) is 0 Å². The third kappa shape index (κ3) is 6.71. The minimum absolute atomic E-state index is 0.0660. The van der Waals surface area contributed by atoms with Crippen LogP contribution in [0.25, 0.3) is 0 Å². The Hall–Kier alpha value is -2.58. The number of hydrogen-bond acceptors (Lipinski definition) is 4. The summed E-state index contributed by atoms with van der Waals surface area (Å²) in [5.74, 6) is -0.841. The molecule has 0 radical (unpaired) electrons. The van der Waals surface area contributed by atoms with E-state index in [9.17, 15) is 18.0 Å². The maximum absolute atomic E-state index is 13.4. The lowest BCUT2D eigenvalue weighted by molar-refractivity contribution is -0.139. The first-order chi connectivity index (χ1) is 14.9. The second kappa shape index (κ2) is 10.8. The zero-order valence-electron chi connectivity index (χ0n) is 19.0. The van der Waals surface area contributed by atoms with Gasteiger partial charge < -0.3 is 10.2 Å². The van der Waals surface area contributed by atoms with Crippen LogP contribution in [-0.2, 0) is 26.2 Å². The van der Waals surface area contributed by atoms with Crippen molar-refractivity contribution in [1.82, 2.24) is 10.2 Å². The van der Waals surface area contributed by atoms with Crippen LogP contribution >= 0.6 is 11.6 Å². The van der Waals surface area contributed by atoms with E-state index in [0.717, 1.165) is 10.6 Å². The van der Waals surface area contributed by atoms with Gasteiger partial charge in [0.2, 0.25) is 21.8 Å². The van der Waals surface area contributed by atoms with Crippen molar-refractivity contribution in [3.63, 3.8) is 0 Å². The topological polar surface area (TPSA) is 86.8 Å². The van der Waals surface area contributed by atoms with Gasteiger partial charge in [0, 0.05) is 17.6 Å². The van der Waals surface area contributed by atoms with Crippen LogP contribution in [-0.4, -0.2) is 50.0 Å². The van der Waals surface area contributed by atoms with Crippen LogP contribution in [0, 0.1) is 6.92 Å². The highest BCUT2D eigenvalue weighted by molar-refractivity contribution is 7.92. The number of para-hydroxylation sites is 1. The van der Waals surface area contributed by atoms with Crippen LogP contribution in [0.1, 0.15) is 31.9 Å². The SMILES string of the molecule is Cc1ccccc1N(CC(=O)N(Cc1ccccc1Cl)C(C)C(=O)NC(C)C)S(C)(=O)=O. The Labute approximate surface area is 195 Å².